The predicted octanol–water partition coefficient (Wildman–Crippen LogP) is 2.40. The molecule has 1 fully saturated rings. The van der Waals surface area contributed by atoms with E-state index < -0.39 is 0 Å². The molecular weight excluding hydrogens is 199 g/mol. The van der Waals surface area contributed by atoms with Crippen LogP contribution in [-0.2, 0) is 22.4 Å². The molecule has 3 heteroatoms. The second kappa shape index (κ2) is 6.07. The van der Waals surface area contributed by atoms with Crippen molar-refractivity contribution in [2.45, 2.75) is 38.5 Å². The van der Waals surface area contributed by atoms with Gasteiger partial charge in [-0.2, -0.15) is 0 Å². The zero-order valence-electron chi connectivity index (χ0n) is 9.52. The maximum Gasteiger partial charge on any atom is 0.158 e. The Morgan fingerprint density at radius 1 is 1.25 bits per heavy atom. The van der Waals surface area contributed by atoms with Gasteiger partial charge in [0.1, 0.15) is 0 Å². The fourth-order valence-electron chi connectivity index (χ4n) is 1.92. The highest BCUT2D eigenvalue weighted by atomic mass is 16.7. The van der Waals surface area contributed by atoms with Gasteiger partial charge in [-0.15, -0.1) is 0 Å². The smallest absolute Gasteiger partial charge is 0.158 e. The Bertz CT molecular complexity index is 321. The standard InChI is InChI=1S/C13H17BO2/c14-9-11-5-1-2-6-12(11)10-16-13-7-3-4-8-15-13/h1-2,5-6,13H,3-4,7-10H2. The molecule has 0 N–H and O–H groups in total. The van der Waals surface area contributed by atoms with Gasteiger partial charge in [0.15, 0.2) is 6.29 Å². The SMILES string of the molecule is [B]Cc1ccccc1COC1CCCCO1. The van der Waals surface area contributed by atoms with Crippen LogP contribution in [0.3, 0.4) is 0 Å². The van der Waals surface area contributed by atoms with E-state index in [1.807, 2.05) is 18.2 Å². The molecule has 1 aliphatic rings. The van der Waals surface area contributed by atoms with E-state index in [9.17, 15) is 0 Å². The van der Waals surface area contributed by atoms with Crippen LogP contribution >= 0.6 is 0 Å². The first kappa shape index (κ1) is 11.7. The van der Waals surface area contributed by atoms with Gasteiger partial charge in [-0.25, -0.2) is 0 Å². The van der Waals surface area contributed by atoms with E-state index in [0.717, 1.165) is 25.0 Å². The molecule has 1 heterocycles. The van der Waals surface area contributed by atoms with Crippen LogP contribution in [0.4, 0.5) is 0 Å². The van der Waals surface area contributed by atoms with Gasteiger partial charge in [-0.05, 0) is 24.8 Å². The molecule has 1 aromatic carbocycles. The molecule has 16 heavy (non-hydrogen) atoms. The van der Waals surface area contributed by atoms with Crippen LogP contribution in [0, 0.1) is 0 Å². The minimum Gasteiger partial charge on any atom is -0.353 e. The first-order valence-corrected chi connectivity index (χ1v) is 5.90. The van der Waals surface area contributed by atoms with Crippen LogP contribution in [0.2, 0.25) is 0 Å². The zero-order chi connectivity index (χ0) is 11.2. The number of hydrogen-bond acceptors (Lipinski definition) is 2. The molecule has 0 aliphatic carbocycles. The fraction of sp³-hybridized carbons (Fsp3) is 0.538. The van der Waals surface area contributed by atoms with E-state index in [4.69, 9.17) is 17.3 Å². The topological polar surface area (TPSA) is 18.5 Å². The summed E-state index contributed by atoms with van der Waals surface area (Å²) in [6, 6.07) is 8.12. The van der Waals surface area contributed by atoms with Crippen molar-refractivity contribution in [2.24, 2.45) is 0 Å². The number of ether oxygens (including phenoxy) is 2. The third-order valence-electron chi connectivity index (χ3n) is 2.90. The molecule has 0 aromatic heterocycles. The average molecular weight is 216 g/mol. The van der Waals surface area contributed by atoms with Crippen molar-refractivity contribution in [1.82, 2.24) is 0 Å². The molecule has 0 amide bonds. The maximum absolute atomic E-state index is 5.73. The van der Waals surface area contributed by atoms with Crippen molar-refractivity contribution in [1.29, 1.82) is 0 Å². The van der Waals surface area contributed by atoms with Gasteiger partial charge in [-0.3, -0.25) is 0 Å². The minimum atomic E-state index is -0.0282. The molecule has 2 radical (unpaired) electrons. The van der Waals surface area contributed by atoms with Crippen LogP contribution in [0.1, 0.15) is 30.4 Å². The normalized spacial score (nSPS) is 20.9. The van der Waals surface area contributed by atoms with Crippen LogP contribution in [-0.4, -0.2) is 20.7 Å². The Hall–Kier alpha value is -0.795. The Balaban J connectivity index is 1.88. The minimum absolute atomic E-state index is 0.0282. The van der Waals surface area contributed by atoms with Crippen molar-refractivity contribution < 1.29 is 9.47 Å². The highest BCUT2D eigenvalue weighted by Gasteiger charge is 2.14. The van der Waals surface area contributed by atoms with E-state index in [1.165, 1.54) is 12.0 Å². The Kier molecular flexibility index (Phi) is 4.43. The molecule has 1 atom stereocenters. The molecular formula is C13H17BO2. The molecule has 1 saturated heterocycles. The van der Waals surface area contributed by atoms with Crippen LogP contribution in [0.15, 0.2) is 24.3 Å². The van der Waals surface area contributed by atoms with Gasteiger partial charge in [0, 0.05) is 6.61 Å². The van der Waals surface area contributed by atoms with E-state index in [0.29, 0.717) is 12.9 Å². The highest BCUT2D eigenvalue weighted by molar-refractivity contribution is 6.08. The van der Waals surface area contributed by atoms with Crippen molar-refractivity contribution in [2.75, 3.05) is 6.61 Å². The summed E-state index contributed by atoms with van der Waals surface area (Å²) in [6.07, 6.45) is 3.89. The lowest BCUT2D eigenvalue weighted by molar-refractivity contribution is -0.169. The number of benzene rings is 1. The van der Waals surface area contributed by atoms with Gasteiger partial charge in [0.05, 0.1) is 14.5 Å². The Morgan fingerprint density at radius 3 is 2.75 bits per heavy atom. The average Bonchev–Trinajstić information content (AvgIpc) is 2.38. The van der Waals surface area contributed by atoms with Crippen molar-refractivity contribution in [3.05, 3.63) is 35.4 Å². The molecule has 0 spiro atoms. The lowest BCUT2D eigenvalue weighted by atomic mass is 9.93. The number of hydrogen-bond donors (Lipinski definition) is 0. The largest absolute Gasteiger partial charge is 0.353 e. The lowest BCUT2D eigenvalue weighted by Crippen LogP contribution is -2.22. The Morgan fingerprint density at radius 2 is 2.06 bits per heavy atom. The summed E-state index contributed by atoms with van der Waals surface area (Å²) in [5.41, 5.74) is 2.32. The van der Waals surface area contributed by atoms with Gasteiger partial charge in [-0.1, -0.05) is 36.1 Å². The van der Waals surface area contributed by atoms with Crippen molar-refractivity contribution in [3.63, 3.8) is 0 Å². The second-order valence-corrected chi connectivity index (χ2v) is 4.08. The predicted molar refractivity (Wildman–Crippen MR) is 64.3 cm³/mol. The summed E-state index contributed by atoms with van der Waals surface area (Å²) in [5, 5.41) is 0. The molecule has 1 aliphatic heterocycles. The van der Waals surface area contributed by atoms with Crippen molar-refractivity contribution in [3.8, 4) is 0 Å². The molecule has 1 aromatic rings. The molecule has 2 rings (SSSR count). The highest BCUT2D eigenvalue weighted by Crippen LogP contribution is 2.17. The van der Waals surface area contributed by atoms with Gasteiger partial charge < -0.3 is 9.47 Å². The summed E-state index contributed by atoms with van der Waals surface area (Å²) in [4.78, 5) is 0. The molecule has 0 bridgehead atoms. The van der Waals surface area contributed by atoms with E-state index >= 15 is 0 Å². The Labute approximate surface area is 98.4 Å². The third kappa shape index (κ3) is 3.10. The van der Waals surface area contributed by atoms with E-state index in [1.54, 1.807) is 0 Å². The maximum atomic E-state index is 5.73. The molecule has 2 nitrogen and oxygen atoms in total. The quantitative estimate of drug-likeness (QED) is 0.719. The second-order valence-electron chi connectivity index (χ2n) is 4.08. The molecule has 0 saturated carbocycles. The van der Waals surface area contributed by atoms with Gasteiger partial charge >= 0.3 is 0 Å². The number of rotatable bonds is 4. The summed E-state index contributed by atoms with van der Waals surface area (Å²) in [6.45, 7) is 1.42. The molecule has 1 unspecified atom stereocenters. The van der Waals surface area contributed by atoms with Crippen LogP contribution in [0.5, 0.6) is 0 Å². The van der Waals surface area contributed by atoms with Crippen LogP contribution < -0.4 is 0 Å². The van der Waals surface area contributed by atoms with E-state index in [-0.39, 0.29) is 6.29 Å². The molecule has 84 valence electrons. The van der Waals surface area contributed by atoms with Crippen LogP contribution in [0.25, 0.3) is 0 Å². The zero-order valence-corrected chi connectivity index (χ0v) is 9.52. The third-order valence-corrected chi connectivity index (χ3v) is 2.90. The summed E-state index contributed by atoms with van der Waals surface area (Å²) in [7, 11) is 5.67. The van der Waals surface area contributed by atoms with Gasteiger partial charge in [0.2, 0.25) is 0 Å². The summed E-state index contributed by atoms with van der Waals surface area (Å²) in [5.74, 6) is 0. The first-order chi connectivity index (χ1) is 7.90. The summed E-state index contributed by atoms with van der Waals surface area (Å²) >= 11 is 0. The van der Waals surface area contributed by atoms with Crippen molar-refractivity contribution >= 4 is 7.85 Å². The first-order valence-electron chi connectivity index (χ1n) is 5.90. The summed E-state index contributed by atoms with van der Waals surface area (Å²) < 4.78 is 11.3. The van der Waals surface area contributed by atoms with E-state index in [2.05, 4.69) is 6.07 Å². The monoisotopic (exact) mass is 216 g/mol. The fourth-order valence-corrected chi connectivity index (χ4v) is 1.92. The van der Waals surface area contributed by atoms with Gasteiger partial charge in [0.25, 0.3) is 0 Å². The lowest BCUT2D eigenvalue weighted by Gasteiger charge is -2.23.